The second-order valence-corrected chi connectivity index (χ2v) is 7.23. The Hall–Kier alpha value is -0.540. The second kappa shape index (κ2) is 5.84. The number of hydrogen-bond acceptors (Lipinski definition) is 2. The molecule has 106 valence electrons. The molecule has 2 rings (SSSR count). The molecule has 3 heteroatoms. The van der Waals surface area contributed by atoms with E-state index in [1.807, 2.05) is 0 Å². The molecule has 1 heterocycles. The minimum Gasteiger partial charge on any atom is -0.366 e. The summed E-state index contributed by atoms with van der Waals surface area (Å²) >= 11 is 3.55. The van der Waals surface area contributed by atoms with Gasteiger partial charge in [-0.15, -0.1) is 0 Å². The Balaban J connectivity index is 2.21. The van der Waals surface area contributed by atoms with E-state index in [1.165, 1.54) is 24.1 Å². The Morgan fingerprint density at radius 2 is 2.16 bits per heavy atom. The molecule has 1 N–H and O–H groups in total. The molecule has 1 unspecified atom stereocenters. The van der Waals surface area contributed by atoms with Gasteiger partial charge >= 0.3 is 0 Å². The van der Waals surface area contributed by atoms with Gasteiger partial charge in [-0.2, -0.15) is 0 Å². The quantitative estimate of drug-likeness (QED) is 0.904. The highest BCUT2D eigenvalue weighted by molar-refractivity contribution is 9.10. The second-order valence-electron chi connectivity index (χ2n) is 6.31. The highest BCUT2D eigenvalue weighted by Gasteiger charge is 2.34. The minimum atomic E-state index is 0.234. The monoisotopic (exact) mass is 324 g/mol. The maximum atomic E-state index is 3.55. The van der Waals surface area contributed by atoms with Crippen LogP contribution in [0.1, 0.15) is 32.3 Å². The Morgan fingerprint density at radius 3 is 2.74 bits per heavy atom. The summed E-state index contributed by atoms with van der Waals surface area (Å²) in [7, 11) is 2.05. The summed E-state index contributed by atoms with van der Waals surface area (Å²) in [5.41, 5.74) is 2.98. The fourth-order valence-electron chi connectivity index (χ4n) is 3.36. The van der Waals surface area contributed by atoms with Gasteiger partial charge in [0.1, 0.15) is 0 Å². The van der Waals surface area contributed by atoms with Gasteiger partial charge in [0, 0.05) is 22.2 Å². The van der Waals surface area contributed by atoms with E-state index < -0.39 is 0 Å². The van der Waals surface area contributed by atoms with Gasteiger partial charge in [0.2, 0.25) is 0 Å². The van der Waals surface area contributed by atoms with Crippen molar-refractivity contribution in [3.8, 4) is 0 Å². The Bertz CT molecular complexity index is 442. The number of hydrogen-bond donors (Lipinski definition) is 1. The van der Waals surface area contributed by atoms with E-state index in [9.17, 15) is 0 Å². The van der Waals surface area contributed by atoms with Gasteiger partial charge in [-0.3, -0.25) is 0 Å². The zero-order chi connectivity index (χ0) is 14.0. The molecular weight excluding hydrogens is 300 g/mol. The first-order valence-corrected chi connectivity index (χ1v) is 7.92. The summed E-state index contributed by atoms with van der Waals surface area (Å²) in [4.78, 5) is 2.58. The topological polar surface area (TPSA) is 15.3 Å². The van der Waals surface area contributed by atoms with Gasteiger partial charge < -0.3 is 10.2 Å². The molecule has 2 nitrogen and oxygen atoms in total. The molecule has 0 amide bonds. The van der Waals surface area contributed by atoms with Gasteiger partial charge in [-0.1, -0.05) is 15.9 Å². The summed E-state index contributed by atoms with van der Waals surface area (Å²) in [6.45, 7) is 9.24. The van der Waals surface area contributed by atoms with Crippen molar-refractivity contribution in [2.45, 2.75) is 39.2 Å². The van der Waals surface area contributed by atoms with Crippen molar-refractivity contribution in [3.05, 3.63) is 28.2 Å². The van der Waals surface area contributed by atoms with Crippen LogP contribution in [0.15, 0.2) is 22.7 Å². The van der Waals surface area contributed by atoms with E-state index in [-0.39, 0.29) is 5.54 Å². The molecule has 0 aliphatic carbocycles. The fraction of sp³-hybridized carbons (Fsp3) is 0.625. The molecule has 0 spiro atoms. The van der Waals surface area contributed by atoms with Gasteiger partial charge in [-0.05, 0) is 76.9 Å². The van der Waals surface area contributed by atoms with E-state index in [4.69, 9.17) is 0 Å². The number of aryl methyl sites for hydroxylation is 1. The number of rotatable bonds is 3. The van der Waals surface area contributed by atoms with Crippen molar-refractivity contribution >= 4 is 21.6 Å². The molecule has 1 aliphatic heterocycles. The van der Waals surface area contributed by atoms with E-state index in [0.717, 1.165) is 23.5 Å². The normalized spacial score (nSPS) is 22.6. The average molecular weight is 325 g/mol. The van der Waals surface area contributed by atoms with Crippen LogP contribution in [0.2, 0.25) is 0 Å². The molecule has 1 saturated heterocycles. The van der Waals surface area contributed by atoms with E-state index >= 15 is 0 Å². The van der Waals surface area contributed by atoms with Gasteiger partial charge in [0.15, 0.2) is 0 Å². The van der Waals surface area contributed by atoms with Gasteiger partial charge in [0.25, 0.3) is 0 Å². The third-order valence-corrected chi connectivity index (χ3v) is 4.72. The largest absolute Gasteiger partial charge is 0.366 e. The number of benzene rings is 1. The molecule has 0 bridgehead atoms. The predicted molar refractivity (Wildman–Crippen MR) is 87.0 cm³/mol. The van der Waals surface area contributed by atoms with Crippen LogP contribution in [-0.2, 0) is 0 Å². The molecule has 1 aromatic rings. The van der Waals surface area contributed by atoms with E-state index in [0.29, 0.717) is 0 Å². The summed E-state index contributed by atoms with van der Waals surface area (Å²) < 4.78 is 1.16. The molecule has 0 radical (unpaired) electrons. The number of nitrogens with zero attached hydrogens (tertiary/aromatic N) is 1. The first kappa shape index (κ1) is 14.9. The van der Waals surface area contributed by atoms with E-state index in [1.54, 1.807) is 0 Å². The average Bonchev–Trinajstić information content (AvgIpc) is 2.30. The summed E-state index contributed by atoms with van der Waals surface area (Å²) in [5.74, 6) is 0.798. The van der Waals surface area contributed by atoms with E-state index in [2.05, 4.69) is 72.2 Å². The standard InChI is InChI=1S/C16H25BrN2/c1-12-9-14(17)5-6-15(12)19-8-7-13(11-18-4)10-16(19,2)3/h5-6,9,13,18H,7-8,10-11H2,1-4H3. The predicted octanol–water partition coefficient (Wildman–Crippen LogP) is 3.97. The van der Waals surface area contributed by atoms with Crippen LogP contribution >= 0.6 is 15.9 Å². The van der Waals surface area contributed by atoms with Crippen LogP contribution in [0, 0.1) is 12.8 Å². The van der Waals surface area contributed by atoms with Gasteiger partial charge in [-0.25, -0.2) is 0 Å². The number of nitrogens with one attached hydrogen (secondary N) is 1. The first-order valence-electron chi connectivity index (χ1n) is 7.12. The summed E-state index contributed by atoms with van der Waals surface area (Å²) in [6, 6.07) is 6.61. The minimum absolute atomic E-state index is 0.234. The highest BCUT2D eigenvalue weighted by Crippen LogP contribution is 2.37. The lowest BCUT2D eigenvalue weighted by atomic mass is 9.82. The van der Waals surface area contributed by atoms with Crippen molar-refractivity contribution in [3.63, 3.8) is 0 Å². The molecule has 1 aliphatic rings. The van der Waals surface area contributed by atoms with Crippen LogP contribution in [0.5, 0.6) is 0 Å². The lowest BCUT2D eigenvalue weighted by molar-refractivity contribution is 0.270. The third-order valence-electron chi connectivity index (χ3n) is 4.22. The van der Waals surface area contributed by atoms with Crippen LogP contribution in [0.4, 0.5) is 5.69 Å². The van der Waals surface area contributed by atoms with Crippen molar-refractivity contribution in [1.82, 2.24) is 5.32 Å². The molecule has 0 saturated carbocycles. The molecule has 19 heavy (non-hydrogen) atoms. The Labute approximate surface area is 125 Å². The first-order chi connectivity index (χ1) is 8.94. The van der Waals surface area contributed by atoms with Crippen LogP contribution in [0.25, 0.3) is 0 Å². The maximum absolute atomic E-state index is 3.55. The smallest absolute Gasteiger partial charge is 0.0401 e. The van der Waals surface area contributed by atoms with Crippen molar-refractivity contribution in [2.24, 2.45) is 5.92 Å². The zero-order valence-corrected chi connectivity index (χ0v) is 14.0. The Kier molecular flexibility index (Phi) is 4.57. The lowest BCUT2D eigenvalue weighted by Gasteiger charge is -2.48. The van der Waals surface area contributed by atoms with Gasteiger partial charge in [0.05, 0.1) is 0 Å². The maximum Gasteiger partial charge on any atom is 0.0401 e. The lowest BCUT2D eigenvalue weighted by Crippen LogP contribution is -2.51. The molecule has 1 atom stereocenters. The number of anilines is 1. The van der Waals surface area contributed by atoms with Crippen LogP contribution in [0.3, 0.4) is 0 Å². The molecule has 1 fully saturated rings. The molecule has 1 aromatic carbocycles. The molecule has 0 aromatic heterocycles. The fourth-order valence-corrected chi connectivity index (χ4v) is 3.84. The Morgan fingerprint density at radius 1 is 1.42 bits per heavy atom. The van der Waals surface area contributed by atoms with Crippen molar-refractivity contribution in [2.75, 3.05) is 25.0 Å². The van der Waals surface area contributed by atoms with Crippen molar-refractivity contribution < 1.29 is 0 Å². The number of piperidine rings is 1. The van der Waals surface area contributed by atoms with Crippen molar-refractivity contribution in [1.29, 1.82) is 0 Å². The van der Waals surface area contributed by atoms with Crippen LogP contribution < -0.4 is 10.2 Å². The molecular formula is C16H25BrN2. The summed E-state index contributed by atoms with van der Waals surface area (Å²) in [5, 5.41) is 3.32. The third kappa shape index (κ3) is 3.32. The zero-order valence-electron chi connectivity index (χ0n) is 12.5. The number of halogens is 1. The van der Waals surface area contributed by atoms with Crippen LogP contribution in [-0.4, -0.2) is 25.7 Å². The highest BCUT2D eigenvalue weighted by atomic mass is 79.9. The SMILES string of the molecule is CNCC1CCN(c2ccc(Br)cc2C)C(C)(C)C1. The summed E-state index contributed by atoms with van der Waals surface area (Å²) in [6.07, 6.45) is 2.53.